The molecule has 4 aliphatic carbocycles. The Morgan fingerprint density at radius 2 is 1.72 bits per heavy atom. The summed E-state index contributed by atoms with van der Waals surface area (Å²) in [5.74, 6) is 4.59. The molecule has 0 bridgehead atoms. The van der Waals surface area contributed by atoms with Gasteiger partial charge in [0.15, 0.2) is 0 Å². The standard InChI is InChI=1S/C28H44N2O2/c1-17(2)18(3)7-8-19(4)22-9-10-23-21-16-26(30-32)25-15-20(29-31)11-13-28(25,6)24(21)12-14-27(22,23)5/h7-8,15,17-19,21-24,31-32H,9-14,16H2,1-6H3/b8-7+,29-20+,30-26-/t18?,19-,21?,22?,23?,24?,27?,28?/m1/s1. The van der Waals surface area contributed by atoms with Crippen LogP contribution in [0.3, 0.4) is 0 Å². The zero-order valence-electron chi connectivity index (χ0n) is 21.0. The average Bonchev–Trinajstić information content (AvgIpc) is 3.13. The Hall–Kier alpha value is -1.58. The van der Waals surface area contributed by atoms with Crippen LogP contribution in [0.25, 0.3) is 0 Å². The Labute approximate surface area is 194 Å². The first-order chi connectivity index (χ1) is 15.2. The molecule has 8 atom stereocenters. The summed E-state index contributed by atoms with van der Waals surface area (Å²) in [4.78, 5) is 0. The van der Waals surface area contributed by atoms with Gasteiger partial charge in [-0.05, 0) is 109 Å². The van der Waals surface area contributed by atoms with Crippen molar-refractivity contribution in [2.75, 3.05) is 0 Å². The summed E-state index contributed by atoms with van der Waals surface area (Å²) in [6.45, 7) is 14.3. The van der Waals surface area contributed by atoms with Gasteiger partial charge in [-0.1, -0.05) is 64.0 Å². The molecule has 7 unspecified atom stereocenters. The van der Waals surface area contributed by atoms with Gasteiger partial charge in [0, 0.05) is 0 Å². The molecule has 2 N–H and O–H groups in total. The number of hydrogen-bond donors (Lipinski definition) is 2. The molecular weight excluding hydrogens is 396 g/mol. The number of allylic oxidation sites excluding steroid dienone is 4. The van der Waals surface area contributed by atoms with E-state index < -0.39 is 0 Å². The van der Waals surface area contributed by atoms with E-state index in [9.17, 15) is 10.4 Å². The third-order valence-electron chi connectivity index (χ3n) is 10.5. The molecule has 0 spiro atoms. The maximum absolute atomic E-state index is 9.94. The molecule has 4 rings (SSSR count). The number of hydrogen-bond acceptors (Lipinski definition) is 4. The van der Waals surface area contributed by atoms with Crippen molar-refractivity contribution in [3.8, 4) is 0 Å². The van der Waals surface area contributed by atoms with Crippen molar-refractivity contribution in [3.63, 3.8) is 0 Å². The van der Waals surface area contributed by atoms with Gasteiger partial charge in [0.2, 0.25) is 0 Å². The van der Waals surface area contributed by atoms with Crippen LogP contribution in [-0.2, 0) is 0 Å². The smallest absolute Gasteiger partial charge is 0.0836 e. The van der Waals surface area contributed by atoms with Crippen molar-refractivity contribution in [1.82, 2.24) is 0 Å². The van der Waals surface area contributed by atoms with E-state index in [1.54, 1.807) is 0 Å². The summed E-state index contributed by atoms with van der Waals surface area (Å²) >= 11 is 0. The van der Waals surface area contributed by atoms with E-state index in [1.807, 2.05) is 6.08 Å². The highest BCUT2D eigenvalue weighted by Crippen LogP contribution is 2.67. The molecule has 3 fully saturated rings. The van der Waals surface area contributed by atoms with Gasteiger partial charge in [0.25, 0.3) is 0 Å². The third kappa shape index (κ3) is 3.66. The number of rotatable bonds is 4. The van der Waals surface area contributed by atoms with Crippen molar-refractivity contribution in [3.05, 3.63) is 23.8 Å². The van der Waals surface area contributed by atoms with Gasteiger partial charge in [-0.3, -0.25) is 0 Å². The van der Waals surface area contributed by atoms with Crippen LogP contribution in [0.4, 0.5) is 0 Å². The summed E-state index contributed by atoms with van der Waals surface area (Å²) in [5.41, 5.74) is 3.07. The molecule has 0 heterocycles. The van der Waals surface area contributed by atoms with Crippen LogP contribution in [0.5, 0.6) is 0 Å². The highest BCUT2D eigenvalue weighted by Gasteiger charge is 2.60. The van der Waals surface area contributed by atoms with Crippen LogP contribution in [0.15, 0.2) is 34.1 Å². The van der Waals surface area contributed by atoms with Crippen LogP contribution in [0.1, 0.15) is 86.5 Å². The summed E-state index contributed by atoms with van der Waals surface area (Å²) in [6, 6.07) is 0. The molecular formula is C28H44N2O2. The minimum Gasteiger partial charge on any atom is -0.411 e. The van der Waals surface area contributed by atoms with Crippen molar-refractivity contribution in [2.24, 2.45) is 62.6 Å². The predicted molar refractivity (Wildman–Crippen MR) is 131 cm³/mol. The highest BCUT2D eigenvalue weighted by molar-refractivity contribution is 6.09. The lowest BCUT2D eigenvalue weighted by Crippen LogP contribution is -2.53. The lowest BCUT2D eigenvalue weighted by atomic mass is 9.46. The first-order valence-electron chi connectivity index (χ1n) is 13.0. The minimum atomic E-state index is 0.0241. The van der Waals surface area contributed by atoms with E-state index in [-0.39, 0.29) is 5.41 Å². The van der Waals surface area contributed by atoms with Gasteiger partial charge in [-0.25, -0.2) is 0 Å². The third-order valence-corrected chi connectivity index (χ3v) is 10.5. The van der Waals surface area contributed by atoms with Crippen molar-refractivity contribution in [1.29, 1.82) is 0 Å². The van der Waals surface area contributed by atoms with Crippen LogP contribution in [0.2, 0.25) is 0 Å². The van der Waals surface area contributed by atoms with Crippen molar-refractivity contribution < 1.29 is 10.4 Å². The van der Waals surface area contributed by atoms with Gasteiger partial charge >= 0.3 is 0 Å². The van der Waals surface area contributed by atoms with Crippen LogP contribution in [0, 0.1) is 52.3 Å². The molecule has 0 radical (unpaired) electrons. The Morgan fingerprint density at radius 3 is 2.38 bits per heavy atom. The zero-order chi connectivity index (χ0) is 23.3. The number of oxime groups is 2. The predicted octanol–water partition coefficient (Wildman–Crippen LogP) is 7.32. The molecule has 4 nitrogen and oxygen atoms in total. The van der Waals surface area contributed by atoms with Crippen LogP contribution >= 0.6 is 0 Å². The SMILES string of the molecule is CC(C)C(C)/C=C/[C@@H](C)C1CCC2C3C/C(=N/O)C4=C/C(=N/O)CCC4(C)C3CCC21C. The molecule has 0 aliphatic heterocycles. The lowest BCUT2D eigenvalue weighted by Gasteiger charge is -2.58. The van der Waals surface area contributed by atoms with Gasteiger partial charge in [-0.15, -0.1) is 0 Å². The monoisotopic (exact) mass is 440 g/mol. The molecule has 3 saturated carbocycles. The van der Waals surface area contributed by atoms with Gasteiger partial charge in [0.05, 0.1) is 11.4 Å². The summed E-state index contributed by atoms with van der Waals surface area (Å²) in [7, 11) is 0. The second-order valence-electron chi connectivity index (χ2n) is 12.3. The molecule has 0 aromatic heterocycles. The second kappa shape index (κ2) is 8.65. The van der Waals surface area contributed by atoms with E-state index in [4.69, 9.17) is 0 Å². The summed E-state index contributed by atoms with van der Waals surface area (Å²) in [5, 5.41) is 26.5. The Balaban J connectivity index is 1.60. The van der Waals surface area contributed by atoms with E-state index in [1.165, 1.54) is 25.7 Å². The normalized spacial score (nSPS) is 43.8. The molecule has 0 aromatic carbocycles. The minimum absolute atomic E-state index is 0.0241. The van der Waals surface area contributed by atoms with Gasteiger partial charge in [0.1, 0.15) is 0 Å². The molecule has 0 saturated heterocycles. The van der Waals surface area contributed by atoms with Gasteiger partial charge < -0.3 is 10.4 Å². The number of fused-ring (bicyclic) bond motifs is 5. The van der Waals surface area contributed by atoms with Crippen LogP contribution in [-0.4, -0.2) is 21.8 Å². The Bertz CT molecular complexity index is 840. The number of nitrogens with zero attached hydrogens (tertiary/aromatic N) is 2. The van der Waals surface area contributed by atoms with Crippen LogP contribution < -0.4 is 0 Å². The topological polar surface area (TPSA) is 65.2 Å². The van der Waals surface area contributed by atoms with Crippen molar-refractivity contribution >= 4 is 11.4 Å². The fraction of sp³-hybridized carbons (Fsp3) is 0.786. The molecule has 4 heteroatoms. The maximum Gasteiger partial charge on any atom is 0.0836 e. The summed E-state index contributed by atoms with van der Waals surface area (Å²) < 4.78 is 0. The summed E-state index contributed by atoms with van der Waals surface area (Å²) in [6.07, 6.45) is 14.8. The van der Waals surface area contributed by atoms with E-state index in [2.05, 4.69) is 64.0 Å². The molecule has 4 aliphatic rings. The van der Waals surface area contributed by atoms with Gasteiger partial charge in [-0.2, -0.15) is 0 Å². The Kier molecular flexibility index (Phi) is 6.37. The first kappa shape index (κ1) is 23.6. The fourth-order valence-corrected chi connectivity index (χ4v) is 8.21. The molecule has 178 valence electrons. The maximum atomic E-state index is 9.94. The lowest BCUT2D eigenvalue weighted by molar-refractivity contribution is -0.0384. The van der Waals surface area contributed by atoms with E-state index in [0.717, 1.165) is 42.2 Å². The van der Waals surface area contributed by atoms with Crippen molar-refractivity contribution in [2.45, 2.75) is 86.5 Å². The average molecular weight is 441 g/mol. The fourth-order valence-electron chi connectivity index (χ4n) is 8.21. The van der Waals surface area contributed by atoms with E-state index in [0.29, 0.717) is 40.9 Å². The molecule has 32 heavy (non-hydrogen) atoms. The Morgan fingerprint density at radius 1 is 0.969 bits per heavy atom. The van der Waals surface area contributed by atoms with E-state index >= 15 is 0 Å². The quantitative estimate of drug-likeness (QED) is 0.273. The second-order valence-corrected chi connectivity index (χ2v) is 12.3. The molecule has 0 aromatic rings. The molecule has 0 amide bonds. The zero-order valence-corrected chi connectivity index (χ0v) is 21.0. The first-order valence-corrected chi connectivity index (χ1v) is 13.0. The highest BCUT2D eigenvalue weighted by atomic mass is 16.4. The largest absolute Gasteiger partial charge is 0.411 e.